The molecule has 7 heteroatoms. The zero-order valence-corrected chi connectivity index (χ0v) is 14.6. The van der Waals surface area contributed by atoms with Crippen molar-refractivity contribution in [3.8, 4) is 11.3 Å². The lowest BCUT2D eigenvalue weighted by molar-refractivity contribution is -0.136. The number of nitrogens with one attached hydrogen (secondary N) is 2. The van der Waals surface area contributed by atoms with E-state index in [-0.39, 0.29) is 0 Å². The van der Waals surface area contributed by atoms with Crippen LogP contribution >= 0.6 is 23.8 Å². The molecule has 0 spiro atoms. The summed E-state index contributed by atoms with van der Waals surface area (Å²) in [6, 6.07) is 10.5. The molecule has 1 aliphatic heterocycles. The van der Waals surface area contributed by atoms with Crippen LogP contribution in [0.5, 0.6) is 0 Å². The molecule has 2 N–H and O–H groups in total. The summed E-state index contributed by atoms with van der Waals surface area (Å²) >= 11 is 11.1. The van der Waals surface area contributed by atoms with E-state index in [9.17, 15) is 4.79 Å². The molecule has 0 unspecified atom stereocenters. The van der Waals surface area contributed by atoms with E-state index in [4.69, 9.17) is 33.0 Å². The van der Waals surface area contributed by atoms with E-state index in [0.717, 1.165) is 5.56 Å². The Labute approximate surface area is 149 Å². The Morgan fingerprint density at radius 2 is 1.96 bits per heavy atom. The van der Waals surface area contributed by atoms with Gasteiger partial charge >= 0.3 is 5.97 Å². The van der Waals surface area contributed by atoms with Gasteiger partial charge in [-0.1, -0.05) is 11.6 Å². The number of hydrogen-bond donors (Lipinski definition) is 2. The lowest BCUT2D eigenvalue weighted by Gasteiger charge is -2.27. The van der Waals surface area contributed by atoms with Crippen LogP contribution in [0.15, 0.2) is 52.1 Å². The third-order valence-electron chi connectivity index (χ3n) is 3.71. The highest BCUT2D eigenvalue weighted by atomic mass is 35.5. The Hall–Kier alpha value is -2.31. The van der Waals surface area contributed by atoms with Gasteiger partial charge in [0.15, 0.2) is 5.11 Å². The fourth-order valence-corrected chi connectivity index (χ4v) is 2.96. The Kier molecular flexibility index (Phi) is 4.59. The molecule has 0 aliphatic carbocycles. The number of allylic oxidation sites excluding steroid dienone is 1. The zero-order valence-electron chi connectivity index (χ0n) is 13.1. The van der Waals surface area contributed by atoms with Gasteiger partial charge in [0.25, 0.3) is 0 Å². The van der Waals surface area contributed by atoms with E-state index in [0.29, 0.717) is 32.9 Å². The van der Waals surface area contributed by atoms with Gasteiger partial charge in [0, 0.05) is 16.3 Å². The van der Waals surface area contributed by atoms with E-state index in [2.05, 4.69) is 10.6 Å². The number of benzene rings is 1. The van der Waals surface area contributed by atoms with Crippen molar-refractivity contribution in [2.45, 2.75) is 13.0 Å². The van der Waals surface area contributed by atoms with Crippen LogP contribution in [0.4, 0.5) is 0 Å². The molecule has 3 rings (SSSR count). The van der Waals surface area contributed by atoms with Gasteiger partial charge in [0.1, 0.15) is 17.6 Å². The third-order valence-corrected chi connectivity index (χ3v) is 4.19. The first-order chi connectivity index (χ1) is 11.5. The number of carbonyl (C=O) groups is 1. The van der Waals surface area contributed by atoms with E-state index in [1.54, 1.807) is 19.1 Å². The van der Waals surface area contributed by atoms with Crippen LogP contribution in [0.25, 0.3) is 11.3 Å². The summed E-state index contributed by atoms with van der Waals surface area (Å²) in [7, 11) is 1.34. The van der Waals surface area contributed by atoms with Crippen molar-refractivity contribution in [2.24, 2.45) is 0 Å². The summed E-state index contributed by atoms with van der Waals surface area (Å²) in [6.07, 6.45) is 0. The molecule has 0 radical (unpaired) electrons. The van der Waals surface area contributed by atoms with Crippen LogP contribution in [-0.2, 0) is 9.53 Å². The third kappa shape index (κ3) is 3.16. The maximum absolute atomic E-state index is 12.1. The Bertz CT molecular complexity index is 827. The number of carbonyl (C=O) groups excluding carboxylic acids is 1. The van der Waals surface area contributed by atoms with Gasteiger partial charge < -0.3 is 19.8 Å². The number of hydrogen-bond acceptors (Lipinski definition) is 4. The smallest absolute Gasteiger partial charge is 0.338 e. The van der Waals surface area contributed by atoms with Crippen molar-refractivity contribution in [1.29, 1.82) is 0 Å². The van der Waals surface area contributed by atoms with Crippen LogP contribution < -0.4 is 10.6 Å². The summed E-state index contributed by atoms with van der Waals surface area (Å²) < 4.78 is 10.8. The van der Waals surface area contributed by atoms with Gasteiger partial charge in [-0.2, -0.15) is 0 Å². The largest absolute Gasteiger partial charge is 0.466 e. The highest BCUT2D eigenvalue weighted by Crippen LogP contribution is 2.32. The topological polar surface area (TPSA) is 63.5 Å². The second kappa shape index (κ2) is 6.67. The Balaban J connectivity index is 1.98. The molecular formula is C17H15ClN2O3S. The minimum atomic E-state index is -0.507. The summed E-state index contributed by atoms with van der Waals surface area (Å²) in [5.74, 6) is 0.808. The van der Waals surface area contributed by atoms with Crippen molar-refractivity contribution < 1.29 is 13.9 Å². The standard InChI is InChI=1S/C17H15ClN2O3S/c1-9-14(16(21)22-2)15(20-17(24)19-9)13-8-7-12(23-13)10-3-5-11(18)6-4-10/h3-8,15H,1-2H3,(H2,19,20,24)/t15-/m1/s1. The monoisotopic (exact) mass is 362 g/mol. The van der Waals surface area contributed by atoms with Gasteiger partial charge in [0.05, 0.1) is 12.7 Å². The summed E-state index contributed by atoms with van der Waals surface area (Å²) in [5.41, 5.74) is 1.96. The van der Waals surface area contributed by atoms with E-state index in [1.165, 1.54) is 7.11 Å². The Morgan fingerprint density at radius 3 is 2.62 bits per heavy atom. The second-order valence-corrected chi connectivity index (χ2v) is 6.12. The molecule has 24 heavy (non-hydrogen) atoms. The van der Waals surface area contributed by atoms with E-state index in [1.807, 2.05) is 24.3 Å². The maximum atomic E-state index is 12.1. The molecule has 0 bridgehead atoms. The van der Waals surface area contributed by atoms with Crippen LogP contribution in [0.3, 0.4) is 0 Å². The number of halogens is 1. The number of rotatable bonds is 3. The molecule has 2 heterocycles. The molecule has 1 atom stereocenters. The lowest BCUT2D eigenvalue weighted by Crippen LogP contribution is -2.44. The summed E-state index contributed by atoms with van der Waals surface area (Å²) in [4.78, 5) is 12.1. The van der Waals surface area contributed by atoms with Gasteiger partial charge in [-0.3, -0.25) is 0 Å². The molecule has 0 amide bonds. The molecule has 124 valence electrons. The fraction of sp³-hybridized carbons (Fsp3) is 0.176. The van der Waals surface area contributed by atoms with Crippen molar-refractivity contribution in [3.63, 3.8) is 0 Å². The number of esters is 1. The average Bonchev–Trinajstić information content (AvgIpc) is 3.04. The molecule has 1 aromatic carbocycles. The quantitative estimate of drug-likeness (QED) is 0.643. The molecule has 1 aliphatic rings. The first-order valence-electron chi connectivity index (χ1n) is 7.22. The Morgan fingerprint density at radius 1 is 1.25 bits per heavy atom. The zero-order chi connectivity index (χ0) is 17.3. The number of furan rings is 1. The molecule has 5 nitrogen and oxygen atoms in total. The number of ether oxygens (including phenoxy) is 1. The molecular weight excluding hydrogens is 348 g/mol. The molecule has 0 saturated heterocycles. The second-order valence-electron chi connectivity index (χ2n) is 5.27. The van der Waals surface area contributed by atoms with Crippen molar-refractivity contribution >= 4 is 34.9 Å². The van der Waals surface area contributed by atoms with Gasteiger partial charge in [-0.25, -0.2) is 4.79 Å². The van der Waals surface area contributed by atoms with Crippen LogP contribution in [0.2, 0.25) is 5.02 Å². The predicted molar refractivity (Wildman–Crippen MR) is 95.5 cm³/mol. The highest BCUT2D eigenvalue weighted by Gasteiger charge is 2.32. The van der Waals surface area contributed by atoms with E-state index >= 15 is 0 Å². The van der Waals surface area contributed by atoms with Crippen LogP contribution in [-0.4, -0.2) is 18.2 Å². The summed E-state index contributed by atoms with van der Waals surface area (Å²) in [5, 5.41) is 7.06. The average molecular weight is 363 g/mol. The fourth-order valence-electron chi connectivity index (χ4n) is 2.57. The van der Waals surface area contributed by atoms with Crippen molar-refractivity contribution in [3.05, 3.63) is 58.5 Å². The normalized spacial score (nSPS) is 17.3. The number of thiocarbonyl (C=S) groups is 1. The van der Waals surface area contributed by atoms with Crippen LogP contribution in [0.1, 0.15) is 18.7 Å². The first-order valence-corrected chi connectivity index (χ1v) is 8.00. The van der Waals surface area contributed by atoms with Gasteiger partial charge in [0.2, 0.25) is 0 Å². The molecule has 1 aromatic heterocycles. The molecule has 2 aromatic rings. The number of methoxy groups -OCH3 is 1. The highest BCUT2D eigenvalue weighted by molar-refractivity contribution is 7.80. The SMILES string of the molecule is COC(=O)C1=C(C)NC(=S)N[C@@H]1c1ccc(-c2ccc(Cl)cc2)o1. The summed E-state index contributed by atoms with van der Waals surface area (Å²) in [6.45, 7) is 1.77. The minimum absolute atomic E-state index is 0.426. The van der Waals surface area contributed by atoms with Crippen LogP contribution in [0, 0.1) is 0 Å². The van der Waals surface area contributed by atoms with Gasteiger partial charge in [-0.05, 0) is 55.5 Å². The van der Waals surface area contributed by atoms with Gasteiger partial charge in [-0.15, -0.1) is 0 Å². The molecule has 0 saturated carbocycles. The molecule has 0 fully saturated rings. The van der Waals surface area contributed by atoms with Crippen molar-refractivity contribution in [1.82, 2.24) is 10.6 Å². The van der Waals surface area contributed by atoms with E-state index < -0.39 is 12.0 Å². The minimum Gasteiger partial charge on any atom is -0.466 e. The maximum Gasteiger partial charge on any atom is 0.338 e. The predicted octanol–water partition coefficient (Wildman–Crippen LogP) is 3.57. The van der Waals surface area contributed by atoms with Crippen molar-refractivity contribution in [2.75, 3.05) is 7.11 Å². The first kappa shape index (κ1) is 16.5. The lowest BCUT2D eigenvalue weighted by atomic mass is 10.0.